The minimum Gasteiger partial charge on any atom is -0.489 e. The summed E-state index contributed by atoms with van der Waals surface area (Å²) in [6.45, 7) is 13.7. The Hall–Kier alpha value is -3.80. The molecule has 202 valence electrons. The Bertz CT molecular complexity index is 1250. The molecule has 0 fully saturated rings. The number of hydrogen-bond donors (Lipinski definition) is 1. The Balaban J connectivity index is 1.69. The van der Waals surface area contributed by atoms with Gasteiger partial charge in [0.05, 0.1) is 5.92 Å². The molecular weight excluding hydrogens is 478 g/mol. The molecule has 38 heavy (non-hydrogen) atoms. The van der Waals surface area contributed by atoms with Gasteiger partial charge in [-0.25, -0.2) is 4.79 Å². The molecule has 0 aliphatic carbocycles. The Kier molecular flexibility index (Phi) is 9.21. The fourth-order valence-corrected chi connectivity index (χ4v) is 3.84. The Morgan fingerprint density at radius 2 is 1.34 bits per heavy atom. The molecule has 1 atom stereocenters. The lowest BCUT2D eigenvalue weighted by Crippen LogP contribution is -2.32. The molecule has 0 heterocycles. The third kappa shape index (κ3) is 8.94. The standard InChI is InChI=1S/C32H39NO5/c1-22(29(34)37-31(2,3)4)27-16-8-9-17-28(27)36-21-24-13-11-15-26(19-24)25-14-10-12-23(18-25)20-33-30(35)38-32(5,6)7/h8-19,22H,20-21H2,1-7H3,(H,33,35). The number of ether oxygens (including phenoxy) is 3. The van der Waals surface area contributed by atoms with E-state index in [1.54, 1.807) is 0 Å². The van der Waals surface area contributed by atoms with E-state index in [1.165, 1.54) is 0 Å². The highest BCUT2D eigenvalue weighted by atomic mass is 16.6. The summed E-state index contributed by atoms with van der Waals surface area (Å²) in [4.78, 5) is 24.7. The van der Waals surface area contributed by atoms with E-state index in [0.29, 0.717) is 18.9 Å². The molecule has 0 aliphatic heterocycles. The molecule has 0 radical (unpaired) electrons. The molecule has 0 aliphatic rings. The predicted molar refractivity (Wildman–Crippen MR) is 150 cm³/mol. The van der Waals surface area contributed by atoms with E-state index in [2.05, 4.69) is 17.4 Å². The van der Waals surface area contributed by atoms with Gasteiger partial charge in [-0.3, -0.25) is 4.79 Å². The Labute approximate surface area is 226 Å². The summed E-state index contributed by atoms with van der Waals surface area (Å²) >= 11 is 0. The van der Waals surface area contributed by atoms with Crippen LogP contribution in [0.4, 0.5) is 4.79 Å². The largest absolute Gasteiger partial charge is 0.489 e. The van der Waals surface area contributed by atoms with Crippen molar-refractivity contribution in [3.63, 3.8) is 0 Å². The van der Waals surface area contributed by atoms with Crippen LogP contribution in [0.3, 0.4) is 0 Å². The zero-order valence-electron chi connectivity index (χ0n) is 23.5. The van der Waals surface area contributed by atoms with Crippen LogP contribution in [0.15, 0.2) is 72.8 Å². The minimum absolute atomic E-state index is 0.281. The van der Waals surface area contributed by atoms with E-state index in [4.69, 9.17) is 14.2 Å². The summed E-state index contributed by atoms with van der Waals surface area (Å²) in [7, 11) is 0. The number of esters is 1. The van der Waals surface area contributed by atoms with Gasteiger partial charge in [-0.05, 0) is 88.9 Å². The van der Waals surface area contributed by atoms with Gasteiger partial charge in [-0.1, -0.05) is 54.6 Å². The zero-order valence-corrected chi connectivity index (χ0v) is 23.5. The second-order valence-corrected chi connectivity index (χ2v) is 11.3. The van der Waals surface area contributed by atoms with Crippen molar-refractivity contribution in [3.05, 3.63) is 89.5 Å². The van der Waals surface area contributed by atoms with Crippen LogP contribution in [-0.4, -0.2) is 23.3 Å². The van der Waals surface area contributed by atoms with Gasteiger partial charge in [0, 0.05) is 12.1 Å². The molecule has 0 saturated heterocycles. The van der Waals surface area contributed by atoms with Crippen LogP contribution < -0.4 is 10.1 Å². The van der Waals surface area contributed by atoms with Crippen LogP contribution in [0.5, 0.6) is 5.75 Å². The molecule has 6 nitrogen and oxygen atoms in total. The maximum atomic E-state index is 12.7. The summed E-state index contributed by atoms with van der Waals surface area (Å²) in [6, 6.07) is 23.7. The van der Waals surface area contributed by atoms with Crippen LogP contribution in [0.1, 0.15) is 71.1 Å². The lowest BCUT2D eigenvalue weighted by molar-refractivity contribution is -0.156. The average molecular weight is 518 g/mol. The summed E-state index contributed by atoms with van der Waals surface area (Å²) in [5.41, 5.74) is 3.76. The number of alkyl carbamates (subject to hydrolysis) is 1. The van der Waals surface area contributed by atoms with Crippen molar-refractivity contribution in [2.24, 2.45) is 0 Å². The van der Waals surface area contributed by atoms with Crippen molar-refractivity contribution >= 4 is 12.1 Å². The molecule has 1 amide bonds. The minimum atomic E-state index is -0.551. The SMILES string of the molecule is CC(C(=O)OC(C)(C)C)c1ccccc1OCc1cccc(-c2cccc(CNC(=O)OC(C)(C)C)c2)c1. The topological polar surface area (TPSA) is 73.9 Å². The van der Waals surface area contributed by atoms with Gasteiger partial charge in [0.1, 0.15) is 23.6 Å². The maximum absolute atomic E-state index is 12.7. The average Bonchev–Trinajstić information content (AvgIpc) is 2.84. The number of para-hydroxylation sites is 1. The van der Waals surface area contributed by atoms with Crippen molar-refractivity contribution in [1.29, 1.82) is 0 Å². The van der Waals surface area contributed by atoms with Crippen LogP contribution in [0, 0.1) is 0 Å². The van der Waals surface area contributed by atoms with E-state index in [-0.39, 0.29) is 5.97 Å². The lowest BCUT2D eigenvalue weighted by atomic mass is 9.99. The van der Waals surface area contributed by atoms with Crippen molar-refractivity contribution in [3.8, 4) is 16.9 Å². The summed E-state index contributed by atoms with van der Waals surface area (Å²) in [5, 5.41) is 2.80. The van der Waals surface area contributed by atoms with Crippen LogP contribution in [-0.2, 0) is 27.4 Å². The molecule has 3 aromatic carbocycles. The molecule has 0 aromatic heterocycles. The quantitative estimate of drug-likeness (QED) is 0.315. The monoisotopic (exact) mass is 517 g/mol. The normalized spacial score (nSPS) is 12.4. The predicted octanol–water partition coefficient (Wildman–Crippen LogP) is 7.40. The van der Waals surface area contributed by atoms with E-state index >= 15 is 0 Å². The van der Waals surface area contributed by atoms with E-state index in [1.807, 2.05) is 109 Å². The molecule has 0 saturated carbocycles. The summed E-state index contributed by atoms with van der Waals surface area (Å²) in [6.07, 6.45) is -0.441. The maximum Gasteiger partial charge on any atom is 0.407 e. The van der Waals surface area contributed by atoms with Gasteiger partial charge in [-0.15, -0.1) is 0 Å². The summed E-state index contributed by atoms with van der Waals surface area (Å²) in [5.74, 6) is -0.0724. The molecule has 1 N–H and O–H groups in total. The first-order valence-corrected chi connectivity index (χ1v) is 12.9. The van der Waals surface area contributed by atoms with Crippen molar-refractivity contribution < 1.29 is 23.8 Å². The Morgan fingerprint density at radius 1 is 0.763 bits per heavy atom. The highest BCUT2D eigenvalue weighted by Crippen LogP contribution is 2.30. The molecule has 1 unspecified atom stereocenters. The molecule has 3 rings (SSSR count). The first-order chi connectivity index (χ1) is 17.8. The van der Waals surface area contributed by atoms with Gasteiger partial charge in [0.2, 0.25) is 0 Å². The first-order valence-electron chi connectivity index (χ1n) is 12.9. The molecule has 6 heteroatoms. The van der Waals surface area contributed by atoms with Gasteiger partial charge < -0.3 is 19.5 Å². The van der Waals surface area contributed by atoms with Gasteiger partial charge in [0.25, 0.3) is 0 Å². The van der Waals surface area contributed by atoms with E-state index in [9.17, 15) is 9.59 Å². The van der Waals surface area contributed by atoms with Gasteiger partial charge in [-0.2, -0.15) is 0 Å². The Morgan fingerprint density at radius 3 is 1.97 bits per heavy atom. The number of nitrogens with one attached hydrogen (secondary N) is 1. The number of amides is 1. The van der Waals surface area contributed by atoms with Crippen molar-refractivity contribution in [2.45, 2.75) is 78.7 Å². The second kappa shape index (κ2) is 12.2. The number of carbonyl (C=O) groups is 2. The van der Waals surface area contributed by atoms with E-state index in [0.717, 1.165) is 27.8 Å². The molecule has 0 bridgehead atoms. The van der Waals surface area contributed by atoms with Crippen molar-refractivity contribution in [1.82, 2.24) is 5.32 Å². The number of hydrogen-bond acceptors (Lipinski definition) is 5. The van der Waals surface area contributed by atoms with Gasteiger partial charge >= 0.3 is 12.1 Å². The van der Waals surface area contributed by atoms with Crippen LogP contribution >= 0.6 is 0 Å². The fraction of sp³-hybridized carbons (Fsp3) is 0.375. The number of rotatable bonds is 8. The second-order valence-electron chi connectivity index (χ2n) is 11.3. The van der Waals surface area contributed by atoms with Crippen molar-refractivity contribution in [2.75, 3.05) is 0 Å². The lowest BCUT2D eigenvalue weighted by Gasteiger charge is -2.23. The van der Waals surface area contributed by atoms with E-state index < -0.39 is 23.2 Å². The molecular formula is C32H39NO5. The number of benzene rings is 3. The zero-order chi connectivity index (χ0) is 27.9. The highest BCUT2D eigenvalue weighted by Gasteiger charge is 2.25. The van der Waals surface area contributed by atoms with Gasteiger partial charge in [0.15, 0.2) is 0 Å². The first kappa shape index (κ1) is 28.8. The highest BCUT2D eigenvalue weighted by molar-refractivity contribution is 5.79. The molecule has 0 spiro atoms. The third-order valence-electron chi connectivity index (χ3n) is 5.56. The number of carbonyl (C=O) groups excluding carboxylic acids is 2. The smallest absolute Gasteiger partial charge is 0.407 e. The fourth-order valence-electron chi connectivity index (χ4n) is 3.84. The van der Waals surface area contributed by atoms with Crippen LogP contribution in [0.25, 0.3) is 11.1 Å². The van der Waals surface area contributed by atoms with Crippen LogP contribution in [0.2, 0.25) is 0 Å². The third-order valence-corrected chi connectivity index (χ3v) is 5.56. The summed E-state index contributed by atoms with van der Waals surface area (Å²) < 4.78 is 17.1. The molecule has 3 aromatic rings.